The van der Waals surface area contributed by atoms with Gasteiger partial charge in [0.05, 0.1) is 5.41 Å². The van der Waals surface area contributed by atoms with Crippen LogP contribution in [0.2, 0.25) is 0 Å². The van der Waals surface area contributed by atoms with Crippen LogP contribution in [0.3, 0.4) is 0 Å². The number of carbonyl (C=O) groups is 1. The van der Waals surface area contributed by atoms with Gasteiger partial charge in [0.1, 0.15) is 0 Å². The Morgan fingerprint density at radius 1 is 1.31 bits per heavy atom. The maximum atomic E-state index is 12.5. The van der Waals surface area contributed by atoms with Crippen molar-refractivity contribution in [3.8, 4) is 0 Å². The van der Waals surface area contributed by atoms with Crippen LogP contribution in [-0.4, -0.2) is 29.9 Å². The van der Waals surface area contributed by atoms with Crippen LogP contribution in [0.1, 0.15) is 51.9 Å². The summed E-state index contributed by atoms with van der Waals surface area (Å²) in [7, 11) is 0. The molecule has 92 valence electrons. The van der Waals surface area contributed by atoms with Gasteiger partial charge in [0, 0.05) is 19.1 Å². The molecule has 1 heterocycles. The Bertz CT molecular complexity index is 255. The molecule has 1 saturated carbocycles. The summed E-state index contributed by atoms with van der Waals surface area (Å²) in [5.41, 5.74) is 5.63. The van der Waals surface area contributed by atoms with Crippen LogP contribution in [0.4, 0.5) is 0 Å². The van der Waals surface area contributed by atoms with E-state index in [1.807, 2.05) is 0 Å². The van der Waals surface area contributed by atoms with Gasteiger partial charge in [-0.15, -0.1) is 0 Å². The summed E-state index contributed by atoms with van der Waals surface area (Å²) in [6, 6.07) is 0.416. The van der Waals surface area contributed by atoms with Gasteiger partial charge >= 0.3 is 0 Å². The van der Waals surface area contributed by atoms with Crippen molar-refractivity contribution in [2.45, 2.75) is 57.9 Å². The maximum Gasteiger partial charge on any atom is 0.230 e. The first-order chi connectivity index (χ1) is 7.69. The zero-order valence-electron chi connectivity index (χ0n) is 10.4. The molecular formula is C13H24N2O. The molecule has 2 fully saturated rings. The lowest BCUT2D eigenvalue weighted by molar-refractivity contribution is -0.148. The maximum absolute atomic E-state index is 12.5. The van der Waals surface area contributed by atoms with Crippen molar-refractivity contribution in [1.82, 2.24) is 4.90 Å². The summed E-state index contributed by atoms with van der Waals surface area (Å²) in [6.07, 6.45) is 8.04. The number of amides is 1. The first kappa shape index (κ1) is 11.9. The second-order valence-electron chi connectivity index (χ2n) is 5.53. The lowest BCUT2D eigenvalue weighted by Gasteiger charge is -2.44. The predicted octanol–water partition coefficient (Wildman–Crippen LogP) is 1.91. The molecule has 1 aliphatic carbocycles. The minimum Gasteiger partial charge on any atom is -0.339 e. The Morgan fingerprint density at radius 2 is 2.06 bits per heavy atom. The molecular weight excluding hydrogens is 200 g/mol. The van der Waals surface area contributed by atoms with Crippen LogP contribution in [0, 0.1) is 5.41 Å². The van der Waals surface area contributed by atoms with E-state index in [2.05, 4.69) is 11.8 Å². The third kappa shape index (κ3) is 1.97. The second kappa shape index (κ2) is 4.74. The summed E-state index contributed by atoms with van der Waals surface area (Å²) < 4.78 is 0. The SMILES string of the molecule is CC1CCCCCN1C(=O)C1(CN)CCC1. The highest BCUT2D eigenvalue weighted by Gasteiger charge is 2.45. The molecule has 0 bridgehead atoms. The molecule has 2 aliphatic rings. The number of nitrogens with two attached hydrogens (primary N) is 1. The highest BCUT2D eigenvalue weighted by atomic mass is 16.2. The Labute approximate surface area is 98.4 Å². The molecule has 2 rings (SSSR count). The molecule has 1 atom stereocenters. The third-order valence-corrected chi connectivity index (χ3v) is 4.47. The smallest absolute Gasteiger partial charge is 0.230 e. The molecule has 0 aromatic carbocycles. The molecule has 16 heavy (non-hydrogen) atoms. The van der Waals surface area contributed by atoms with Crippen molar-refractivity contribution in [3.63, 3.8) is 0 Å². The zero-order valence-corrected chi connectivity index (χ0v) is 10.4. The fourth-order valence-electron chi connectivity index (χ4n) is 2.99. The minimum atomic E-state index is -0.182. The first-order valence-corrected chi connectivity index (χ1v) is 6.71. The number of carbonyl (C=O) groups excluding carboxylic acids is 1. The largest absolute Gasteiger partial charge is 0.339 e. The number of nitrogens with zero attached hydrogens (tertiary/aromatic N) is 1. The van der Waals surface area contributed by atoms with Crippen LogP contribution >= 0.6 is 0 Å². The molecule has 0 aromatic rings. The van der Waals surface area contributed by atoms with Crippen molar-refractivity contribution >= 4 is 5.91 Å². The fraction of sp³-hybridized carbons (Fsp3) is 0.923. The normalized spacial score (nSPS) is 29.4. The van der Waals surface area contributed by atoms with E-state index in [-0.39, 0.29) is 5.41 Å². The first-order valence-electron chi connectivity index (χ1n) is 6.71. The molecule has 0 spiro atoms. The number of hydrogen-bond acceptors (Lipinski definition) is 2. The predicted molar refractivity (Wildman–Crippen MR) is 65.0 cm³/mol. The van der Waals surface area contributed by atoms with Gasteiger partial charge < -0.3 is 10.6 Å². The van der Waals surface area contributed by atoms with E-state index >= 15 is 0 Å². The Morgan fingerprint density at radius 3 is 2.62 bits per heavy atom. The summed E-state index contributed by atoms with van der Waals surface area (Å²) in [6.45, 7) is 3.67. The highest BCUT2D eigenvalue weighted by Crippen LogP contribution is 2.42. The molecule has 1 amide bonds. The molecule has 0 radical (unpaired) electrons. The number of likely N-dealkylation sites (tertiary alicyclic amines) is 1. The number of hydrogen-bond donors (Lipinski definition) is 1. The van der Waals surface area contributed by atoms with Crippen molar-refractivity contribution in [1.29, 1.82) is 0 Å². The monoisotopic (exact) mass is 224 g/mol. The lowest BCUT2D eigenvalue weighted by Crippen LogP contribution is -2.54. The molecule has 3 heteroatoms. The fourth-order valence-corrected chi connectivity index (χ4v) is 2.99. The Kier molecular flexibility index (Phi) is 3.53. The van der Waals surface area contributed by atoms with Gasteiger partial charge in [-0.25, -0.2) is 0 Å². The van der Waals surface area contributed by atoms with E-state index in [0.717, 1.165) is 32.2 Å². The van der Waals surface area contributed by atoms with Crippen LogP contribution in [0.25, 0.3) is 0 Å². The van der Waals surface area contributed by atoms with E-state index in [0.29, 0.717) is 18.5 Å². The molecule has 1 unspecified atom stereocenters. The molecule has 1 saturated heterocycles. The van der Waals surface area contributed by atoms with Gasteiger partial charge in [0.2, 0.25) is 5.91 Å². The van der Waals surface area contributed by atoms with E-state index in [1.165, 1.54) is 19.3 Å². The van der Waals surface area contributed by atoms with Crippen molar-refractivity contribution in [3.05, 3.63) is 0 Å². The Balaban J connectivity index is 2.06. The summed E-state index contributed by atoms with van der Waals surface area (Å²) in [4.78, 5) is 14.7. The van der Waals surface area contributed by atoms with Crippen molar-refractivity contribution in [2.24, 2.45) is 11.1 Å². The minimum absolute atomic E-state index is 0.182. The van der Waals surface area contributed by atoms with Gasteiger partial charge in [-0.1, -0.05) is 19.3 Å². The van der Waals surface area contributed by atoms with Crippen molar-refractivity contribution < 1.29 is 4.79 Å². The van der Waals surface area contributed by atoms with Gasteiger partial charge in [-0.05, 0) is 32.6 Å². The van der Waals surface area contributed by atoms with Crippen LogP contribution in [0.15, 0.2) is 0 Å². The highest BCUT2D eigenvalue weighted by molar-refractivity contribution is 5.84. The summed E-state index contributed by atoms with van der Waals surface area (Å²) in [5, 5.41) is 0. The second-order valence-corrected chi connectivity index (χ2v) is 5.53. The Hall–Kier alpha value is -0.570. The van der Waals surface area contributed by atoms with E-state index in [4.69, 9.17) is 5.73 Å². The van der Waals surface area contributed by atoms with Gasteiger partial charge in [-0.3, -0.25) is 4.79 Å². The average Bonchev–Trinajstić information content (AvgIpc) is 2.42. The molecule has 1 aliphatic heterocycles. The summed E-state index contributed by atoms with van der Waals surface area (Å²) in [5.74, 6) is 0.343. The average molecular weight is 224 g/mol. The van der Waals surface area contributed by atoms with Crippen LogP contribution in [-0.2, 0) is 4.79 Å². The van der Waals surface area contributed by atoms with Crippen LogP contribution in [0.5, 0.6) is 0 Å². The van der Waals surface area contributed by atoms with Gasteiger partial charge in [0.25, 0.3) is 0 Å². The van der Waals surface area contributed by atoms with E-state index in [9.17, 15) is 4.79 Å². The van der Waals surface area contributed by atoms with E-state index < -0.39 is 0 Å². The molecule has 0 aromatic heterocycles. The standard InChI is InChI=1S/C13H24N2O/c1-11-6-3-2-4-9-15(11)12(16)13(10-14)7-5-8-13/h11H,2-10,14H2,1H3. The topological polar surface area (TPSA) is 46.3 Å². The third-order valence-electron chi connectivity index (χ3n) is 4.47. The summed E-state index contributed by atoms with van der Waals surface area (Å²) >= 11 is 0. The van der Waals surface area contributed by atoms with Crippen LogP contribution < -0.4 is 5.73 Å². The lowest BCUT2D eigenvalue weighted by atomic mass is 9.67. The van der Waals surface area contributed by atoms with Gasteiger partial charge in [-0.2, -0.15) is 0 Å². The zero-order chi connectivity index (χ0) is 11.6. The van der Waals surface area contributed by atoms with E-state index in [1.54, 1.807) is 0 Å². The molecule has 3 nitrogen and oxygen atoms in total. The van der Waals surface area contributed by atoms with Crippen molar-refractivity contribution in [2.75, 3.05) is 13.1 Å². The number of rotatable bonds is 2. The van der Waals surface area contributed by atoms with Gasteiger partial charge in [0.15, 0.2) is 0 Å². The quantitative estimate of drug-likeness (QED) is 0.778. The molecule has 2 N–H and O–H groups in total.